The van der Waals surface area contributed by atoms with Crippen molar-refractivity contribution < 1.29 is 28.9 Å². The SMILES string of the molecule is CCOC(=O)CNC(=O)Nc1ccc([C@H]2O[C@@H](CSc3nc4ccccc4s3)[C@@H](C)[C@@H](c3ccc(CO)cc3)O2)cc1. The number of aliphatic hydroxyl groups is 1. The molecule has 3 aromatic carbocycles. The average molecular weight is 608 g/mol. The zero-order chi connectivity index (χ0) is 29.5. The molecule has 220 valence electrons. The number of rotatable bonds is 10. The van der Waals surface area contributed by atoms with Crippen molar-refractivity contribution in [1.29, 1.82) is 0 Å². The highest BCUT2D eigenvalue weighted by atomic mass is 32.2. The molecule has 0 bridgehead atoms. The lowest BCUT2D eigenvalue weighted by molar-refractivity contribution is -0.268. The molecule has 2 heterocycles. The summed E-state index contributed by atoms with van der Waals surface area (Å²) in [5.41, 5.74) is 4.22. The van der Waals surface area contributed by atoms with Gasteiger partial charge < -0.3 is 30.0 Å². The molecule has 5 rings (SSSR count). The molecule has 0 aliphatic carbocycles. The molecule has 0 unspecified atom stereocenters. The highest BCUT2D eigenvalue weighted by Gasteiger charge is 2.38. The van der Waals surface area contributed by atoms with E-state index in [1.54, 1.807) is 42.2 Å². The van der Waals surface area contributed by atoms with Gasteiger partial charge in [-0.05, 0) is 42.3 Å². The first kappa shape index (κ1) is 30.0. The van der Waals surface area contributed by atoms with Crippen molar-refractivity contribution in [3.8, 4) is 0 Å². The van der Waals surface area contributed by atoms with Gasteiger partial charge in [0.05, 0.1) is 35.6 Å². The van der Waals surface area contributed by atoms with Crippen molar-refractivity contribution in [2.24, 2.45) is 5.92 Å². The molecule has 2 amide bonds. The van der Waals surface area contributed by atoms with Gasteiger partial charge in [0.2, 0.25) is 0 Å². The number of aliphatic hydroxyl groups excluding tert-OH is 1. The van der Waals surface area contributed by atoms with Gasteiger partial charge in [-0.3, -0.25) is 4.79 Å². The molecule has 0 spiro atoms. The highest BCUT2D eigenvalue weighted by molar-refractivity contribution is 8.01. The molecular formula is C31H33N3O6S2. The van der Waals surface area contributed by atoms with E-state index in [4.69, 9.17) is 19.2 Å². The van der Waals surface area contributed by atoms with Crippen molar-refractivity contribution in [3.05, 3.63) is 89.5 Å². The van der Waals surface area contributed by atoms with Gasteiger partial charge in [0.15, 0.2) is 10.6 Å². The van der Waals surface area contributed by atoms with Crippen LogP contribution in [0.1, 0.15) is 42.9 Å². The van der Waals surface area contributed by atoms with E-state index in [9.17, 15) is 14.7 Å². The van der Waals surface area contributed by atoms with Crippen LogP contribution in [-0.4, -0.2) is 47.1 Å². The van der Waals surface area contributed by atoms with Crippen molar-refractivity contribution in [3.63, 3.8) is 0 Å². The fourth-order valence-corrected chi connectivity index (χ4v) is 6.90. The maximum atomic E-state index is 12.2. The number of benzene rings is 3. The first-order valence-corrected chi connectivity index (χ1v) is 15.5. The Labute approximate surface area is 252 Å². The molecule has 4 atom stereocenters. The second-order valence-electron chi connectivity index (χ2n) is 9.82. The van der Waals surface area contributed by atoms with Gasteiger partial charge in [-0.15, -0.1) is 11.3 Å². The standard InChI is InChI=1S/C31H33N3O6S2/c1-3-38-27(36)16-32-30(37)33-23-14-12-22(13-15-23)29-39-25(18-41-31-34-24-6-4-5-7-26(24)42-31)19(2)28(40-29)21-10-8-20(17-35)9-11-21/h4-15,19,25,28-29,35H,3,16-18H2,1-2H3,(H2,32,33,37)/t19-,25+,28+,29+/m1/s1. The lowest BCUT2D eigenvalue weighted by Crippen LogP contribution is -2.38. The Kier molecular flexibility index (Phi) is 10.1. The maximum Gasteiger partial charge on any atom is 0.325 e. The third kappa shape index (κ3) is 7.47. The number of hydrogen-bond acceptors (Lipinski definition) is 9. The minimum atomic E-state index is -0.628. The van der Waals surface area contributed by atoms with Crippen LogP contribution in [0.5, 0.6) is 0 Å². The monoisotopic (exact) mass is 607 g/mol. The van der Waals surface area contributed by atoms with E-state index in [-0.39, 0.29) is 37.9 Å². The Morgan fingerprint density at radius 3 is 2.48 bits per heavy atom. The first-order chi connectivity index (χ1) is 20.4. The number of carbonyl (C=O) groups is 2. The van der Waals surface area contributed by atoms with Crippen LogP contribution in [0.3, 0.4) is 0 Å². The smallest absolute Gasteiger partial charge is 0.325 e. The summed E-state index contributed by atoms with van der Waals surface area (Å²) in [4.78, 5) is 28.4. The number of thioether (sulfide) groups is 1. The van der Waals surface area contributed by atoms with Crippen LogP contribution < -0.4 is 10.6 Å². The number of hydrogen-bond donors (Lipinski definition) is 3. The fraction of sp³-hybridized carbons (Fsp3) is 0.323. The van der Waals surface area contributed by atoms with Gasteiger partial charge in [-0.25, -0.2) is 9.78 Å². The predicted molar refractivity (Wildman–Crippen MR) is 163 cm³/mol. The van der Waals surface area contributed by atoms with Gasteiger partial charge in [-0.2, -0.15) is 0 Å². The summed E-state index contributed by atoms with van der Waals surface area (Å²) in [6.07, 6.45) is -0.991. The van der Waals surface area contributed by atoms with Crippen molar-refractivity contribution in [2.75, 3.05) is 24.2 Å². The second kappa shape index (κ2) is 14.1. The summed E-state index contributed by atoms with van der Waals surface area (Å²) < 4.78 is 20.0. The van der Waals surface area contributed by atoms with E-state index in [0.29, 0.717) is 11.4 Å². The average Bonchev–Trinajstić information content (AvgIpc) is 3.43. The maximum absolute atomic E-state index is 12.2. The quantitative estimate of drug-likeness (QED) is 0.147. The number of fused-ring (bicyclic) bond motifs is 1. The van der Waals surface area contributed by atoms with Crippen molar-refractivity contribution in [2.45, 2.75) is 43.3 Å². The Morgan fingerprint density at radius 1 is 1.02 bits per heavy atom. The molecule has 42 heavy (non-hydrogen) atoms. The van der Waals surface area contributed by atoms with E-state index in [1.165, 1.54) is 0 Å². The molecule has 1 fully saturated rings. The summed E-state index contributed by atoms with van der Waals surface area (Å²) in [7, 11) is 0. The van der Waals surface area contributed by atoms with E-state index in [0.717, 1.165) is 31.2 Å². The van der Waals surface area contributed by atoms with E-state index in [2.05, 4.69) is 23.6 Å². The number of amides is 2. The molecule has 9 nitrogen and oxygen atoms in total. The number of ether oxygens (including phenoxy) is 3. The van der Waals surface area contributed by atoms with Crippen molar-refractivity contribution >= 4 is 51.0 Å². The third-order valence-corrected chi connectivity index (χ3v) is 9.18. The third-order valence-electron chi connectivity index (χ3n) is 6.91. The molecule has 1 saturated heterocycles. The number of anilines is 1. The molecule has 1 aliphatic heterocycles. The zero-order valence-corrected chi connectivity index (χ0v) is 25.0. The predicted octanol–water partition coefficient (Wildman–Crippen LogP) is 6.06. The molecule has 0 saturated carbocycles. The first-order valence-electron chi connectivity index (χ1n) is 13.7. The molecule has 0 radical (unpaired) electrons. The van der Waals surface area contributed by atoms with Crippen LogP contribution in [0.25, 0.3) is 10.2 Å². The number of nitrogens with zero attached hydrogens (tertiary/aromatic N) is 1. The summed E-state index contributed by atoms with van der Waals surface area (Å²) in [6.45, 7) is 3.86. The summed E-state index contributed by atoms with van der Waals surface area (Å²) >= 11 is 3.36. The van der Waals surface area contributed by atoms with Crippen LogP contribution in [0, 0.1) is 5.92 Å². The molecule has 1 aliphatic rings. The van der Waals surface area contributed by atoms with Crippen LogP contribution in [-0.2, 0) is 25.6 Å². The molecule has 3 N–H and O–H groups in total. The summed E-state index contributed by atoms with van der Waals surface area (Å²) in [5, 5.41) is 14.7. The second-order valence-corrected chi connectivity index (χ2v) is 12.1. The minimum absolute atomic E-state index is 0.0181. The Balaban J connectivity index is 1.30. The van der Waals surface area contributed by atoms with Gasteiger partial charge >= 0.3 is 12.0 Å². The van der Waals surface area contributed by atoms with E-state index < -0.39 is 18.3 Å². The van der Waals surface area contributed by atoms with Gasteiger partial charge in [0, 0.05) is 22.9 Å². The van der Waals surface area contributed by atoms with Crippen LogP contribution in [0.2, 0.25) is 0 Å². The topological polar surface area (TPSA) is 119 Å². The van der Waals surface area contributed by atoms with Gasteiger partial charge in [0.25, 0.3) is 0 Å². The van der Waals surface area contributed by atoms with Crippen LogP contribution in [0.4, 0.5) is 10.5 Å². The lowest BCUT2D eigenvalue weighted by atomic mass is 9.91. The molecule has 1 aromatic heterocycles. The number of esters is 1. The summed E-state index contributed by atoms with van der Waals surface area (Å²) in [6, 6.07) is 22.7. The number of para-hydroxylation sites is 1. The number of nitrogens with one attached hydrogen (secondary N) is 2. The number of urea groups is 1. The normalized spacial score (nSPS) is 20.3. The molecular weight excluding hydrogens is 574 g/mol. The number of carbonyl (C=O) groups excluding carboxylic acids is 2. The van der Waals surface area contributed by atoms with Gasteiger partial charge in [0.1, 0.15) is 6.54 Å². The summed E-state index contributed by atoms with van der Waals surface area (Å²) in [5.74, 6) is 0.249. The van der Waals surface area contributed by atoms with E-state index >= 15 is 0 Å². The number of thiazole rings is 1. The molecule has 11 heteroatoms. The Bertz CT molecular complexity index is 1460. The minimum Gasteiger partial charge on any atom is -0.465 e. The lowest BCUT2D eigenvalue weighted by Gasteiger charge is -2.41. The highest BCUT2D eigenvalue weighted by Crippen LogP contribution is 2.43. The van der Waals surface area contributed by atoms with Crippen LogP contribution >= 0.6 is 23.1 Å². The molecule has 4 aromatic rings. The largest absolute Gasteiger partial charge is 0.465 e. The fourth-order valence-electron chi connectivity index (χ4n) is 4.64. The Morgan fingerprint density at radius 2 is 1.76 bits per heavy atom. The van der Waals surface area contributed by atoms with Gasteiger partial charge in [-0.1, -0.05) is 67.2 Å². The van der Waals surface area contributed by atoms with Crippen LogP contribution in [0.15, 0.2) is 77.1 Å². The zero-order valence-electron chi connectivity index (χ0n) is 23.3. The van der Waals surface area contributed by atoms with Crippen molar-refractivity contribution in [1.82, 2.24) is 10.3 Å². The van der Waals surface area contributed by atoms with E-state index in [1.807, 2.05) is 54.6 Å². The Hall–Kier alpha value is -3.48. The number of aromatic nitrogens is 1.